The number of amides is 1. The number of ether oxygens (including phenoxy) is 1. The number of aryl methyl sites for hydroxylation is 1. The predicted octanol–water partition coefficient (Wildman–Crippen LogP) is 1.25. The minimum absolute atomic E-state index is 0.359. The molecular formula is C15H16N2O3. The van der Waals surface area contributed by atoms with E-state index in [2.05, 4.69) is 0 Å². The van der Waals surface area contributed by atoms with Crippen LogP contribution in [-0.4, -0.2) is 29.7 Å². The molecule has 5 nitrogen and oxygen atoms in total. The number of hydrogen-bond donors (Lipinski definition) is 1. The van der Waals surface area contributed by atoms with Crippen molar-refractivity contribution in [3.63, 3.8) is 0 Å². The molecule has 0 unspecified atom stereocenters. The summed E-state index contributed by atoms with van der Waals surface area (Å²) >= 11 is 0. The molecule has 0 fully saturated rings. The summed E-state index contributed by atoms with van der Waals surface area (Å²) in [6.07, 6.45) is 1.80. The van der Waals surface area contributed by atoms with Crippen LogP contribution in [0.15, 0.2) is 36.5 Å². The maximum atomic E-state index is 12.6. The Balaban J connectivity index is 2.28. The van der Waals surface area contributed by atoms with Crippen LogP contribution in [0.3, 0.4) is 0 Å². The third-order valence-electron chi connectivity index (χ3n) is 3.88. The number of aromatic nitrogens is 1. The van der Waals surface area contributed by atoms with Gasteiger partial charge >= 0.3 is 0 Å². The highest BCUT2D eigenvalue weighted by molar-refractivity contribution is 6.08. The van der Waals surface area contributed by atoms with Gasteiger partial charge in [-0.05, 0) is 30.3 Å². The van der Waals surface area contributed by atoms with Gasteiger partial charge in [0, 0.05) is 25.9 Å². The summed E-state index contributed by atoms with van der Waals surface area (Å²) in [5.74, 6) is 0.252. The van der Waals surface area contributed by atoms with Gasteiger partial charge in [-0.3, -0.25) is 4.79 Å². The van der Waals surface area contributed by atoms with E-state index in [1.165, 1.54) is 4.90 Å². The lowest BCUT2D eigenvalue weighted by atomic mass is 9.91. The maximum absolute atomic E-state index is 12.6. The summed E-state index contributed by atoms with van der Waals surface area (Å²) in [6.45, 7) is 0. The average Bonchev–Trinajstić information content (AvgIpc) is 2.97. The van der Waals surface area contributed by atoms with E-state index in [1.54, 1.807) is 62.3 Å². The molecule has 1 aromatic heterocycles. The summed E-state index contributed by atoms with van der Waals surface area (Å²) < 4.78 is 6.95. The van der Waals surface area contributed by atoms with Gasteiger partial charge in [0.1, 0.15) is 5.75 Å². The Morgan fingerprint density at radius 3 is 2.60 bits per heavy atom. The first-order chi connectivity index (χ1) is 9.50. The molecule has 104 valence electrons. The SMILES string of the molecule is COc1ccc2c(c1)[C@](O)(c1cccn1C)C(=O)N2C. The van der Waals surface area contributed by atoms with Crippen LogP contribution in [0.5, 0.6) is 5.75 Å². The number of aliphatic hydroxyl groups is 1. The molecule has 0 bridgehead atoms. The number of nitrogens with zero attached hydrogens (tertiary/aromatic N) is 2. The van der Waals surface area contributed by atoms with Gasteiger partial charge in [0.15, 0.2) is 0 Å². The molecule has 2 aromatic rings. The Kier molecular flexibility index (Phi) is 2.62. The van der Waals surface area contributed by atoms with Crippen LogP contribution in [0.1, 0.15) is 11.3 Å². The zero-order valence-electron chi connectivity index (χ0n) is 11.6. The second-order valence-corrected chi connectivity index (χ2v) is 4.96. The monoisotopic (exact) mass is 272 g/mol. The zero-order chi connectivity index (χ0) is 14.5. The molecule has 2 heterocycles. The van der Waals surface area contributed by atoms with Gasteiger partial charge in [-0.1, -0.05) is 0 Å². The molecule has 1 N–H and O–H groups in total. The summed E-state index contributed by atoms with van der Waals surface area (Å²) in [5.41, 5.74) is 0.114. The van der Waals surface area contributed by atoms with E-state index in [-0.39, 0.29) is 5.91 Å². The van der Waals surface area contributed by atoms with Crippen molar-refractivity contribution in [2.75, 3.05) is 19.1 Å². The Morgan fingerprint density at radius 1 is 1.25 bits per heavy atom. The van der Waals surface area contributed by atoms with E-state index in [9.17, 15) is 9.90 Å². The van der Waals surface area contributed by atoms with E-state index in [4.69, 9.17) is 4.74 Å². The molecule has 1 amide bonds. The van der Waals surface area contributed by atoms with Crippen molar-refractivity contribution in [3.05, 3.63) is 47.8 Å². The van der Waals surface area contributed by atoms with Gasteiger partial charge in [0.2, 0.25) is 5.60 Å². The Labute approximate surface area is 117 Å². The largest absolute Gasteiger partial charge is 0.497 e. The maximum Gasteiger partial charge on any atom is 0.269 e. The first kappa shape index (κ1) is 12.7. The van der Waals surface area contributed by atoms with Crippen LogP contribution >= 0.6 is 0 Å². The zero-order valence-corrected chi connectivity index (χ0v) is 11.6. The number of carbonyl (C=O) groups excluding carboxylic acids is 1. The second-order valence-electron chi connectivity index (χ2n) is 4.96. The number of anilines is 1. The lowest BCUT2D eigenvalue weighted by molar-refractivity contribution is -0.132. The van der Waals surface area contributed by atoms with Crippen LogP contribution in [0.25, 0.3) is 0 Å². The Bertz CT molecular complexity index is 692. The van der Waals surface area contributed by atoms with Crippen LogP contribution in [-0.2, 0) is 17.4 Å². The standard InChI is InChI=1S/C15H16N2O3/c1-16-8-4-5-13(16)15(19)11-9-10(20-3)6-7-12(11)17(2)14(15)18/h4-9,19H,1-3H3/t15-/m0/s1. The van der Waals surface area contributed by atoms with Crippen molar-refractivity contribution < 1.29 is 14.6 Å². The molecule has 0 spiro atoms. The lowest BCUT2D eigenvalue weighted by Gasteiger charge is -2.23. The molecule has 1 aliphatic heterocycles. The topological polar surface area (TPSA) is 54.7 Å². The summed E-state index contributed by atoms with van der Waals surface area (Å²) in [7, 11) is 5.02. The van der Waals surface area contributed by atoms with Crippen molar-refractivity contribution >= 4 is 11.6 Å². The minimum atomic E-state index is -1.67. The normalized spacial score (nSPS) is 21.2. The van der Waals surface area contributed by atoms with E-state index in [0.717, 1.165) is 0 Å². The molecular weight excluding hydrogens is 256 g/mol. The highest BCUT2D eigenvalue weighted by atomic mass is 16.5. The minimum Gasteiger partial charge on any atom is -0.497 e. The van der Waals surface area contributed by atoms with Crippen molar-refractivity contribution in [1.82, 2.24) is 4.57 Å². The molecule has 5 heteroatoms. The molecule has 3 rings (SSSR count). The Hall–Kier alpha value is -2.27. The van der Waals surface area contributed by atoms with Gasteiger partial charge in [-0.15, -0.1) is 0 Å². The summed E-state index contributed by atoms with van der Waals surface area (Å²) in [5, 5.41) is 11.1. The predicted molar refractivity (Wildman–Crippen MR) is 74.8 cm³/mol. The number of hydrogen-bond acceptors (Lipinski definition) is 3. The molecule has 0 radical (unpaired) electrons. The van der Waals surface area contributed by atoms with Crippen molar-refractivity contribution in [3.8, 4) is 5.75 Å². The van der Waals surface area contributed by atoms with Crippen LogP contribution in [0, 0.1) is 0 Å². The molecule has 1 aromatic carbocycles. The van der Waals surface area contributed by atoms with E-state index in [0.29, 0.717) is 22.7 Å². The molecule has 1 atom stereocenters. The number of likely N-dealkylation sites (N-methyl/N-ethyl adjacent to an activating group) is 1. The third-order valence-corrected chi connectivity index (χ3v) is 3.88. The van der Waals surface area contributed by atoms with Gasteiger partial charge in [0.25, 0.3) is 5.91 Å². The van der Waals surface area contributed by atoms with Crippen molar-refractivity contribution in [1.29, 1.82) is 0 Å². The molecule has 0 saturated carbocycles. The quantitative estimate of drug-likeness (QED) is 0.895. The number of benzene rings is 1. The van der Waals surface area contributed by atoms with Crippen molar-refractivity contribution in [2.24, 2.45) is 7.05 Å². The highest BCUT2D eigenvalue weighted by Gasteiger charge is 2.51. The fraction of sp³-hybridized carbons (Fsp3) is 0.267. The van der Waals surface area contributed by atoms with Crippen LogP contribution in [0.2, 0.25) is 0 Å². The number of methoxy groups -OCH3 is 1. The Morgan fingerprint density at radius 2 is 2.00 bits per heavy atom. The lowest BCUT2D eigenvalue weighted by Crippen LogP contribution is -2.40. The highest BCUT2D eigenvalue weighted by Crippen LogP contribution is 2.45. The van der Waals surface area contributed by atoms with Crippen molar-refractivity contribution in [2.45, 2.75) is 5.60 Å². The second kappa shape index (κ2) is 4.11. The summed E-state index contributed by atoms with van der Waals surface area (Å²) in [6, 6.07) is 8.83. The van der Waals surface area contributed by atoms with E-state index in [1.807, 2.05) is 0 Å². The van der Waals surface area contributed by atoms with Gasteiger partial charge in [0.05, 0.1) is 18.5 Å². The van der Waals surface area contributed by atoms with Gasteiger partial charge in [-0.25, -0.2) is 0 Å². The summed E-state index contributed by atoms with van der Waals surface area (Å²) in [4.78, 5) is 14.0. The molecule has 1 aliphatic rings. The van der Waals surface area contributed by atoms with E-state index < -0.39 is 5.60 Å². The van der Waals surface area contributed by atoms with Crippen LogP contribution < -0.4 is 9.64 Å². The van der Waals surface area contributed by atoms with Gasteiger partial charge < -0.3 is 19.3 Å². The molecule has 0 saturated heterocycles. The van der Waals surface area contributed by atoms with Crippen LogP contribution in [0.4, 0.5) is 5.69 Å². The fourth-order valence-corrected chi connectivity index (χ4v) is 2.78. The first-order valence-electron chi connectivity index (χ1n) is 6.31. The third kappa shape index (κ3) is 1.44. The first-order valence-corrected chi connectivity index (χ1v) is 6.31. The van der Waals surface area contributed by atoms with Gasteiger partial charge in [-0.2, -0.15) is 0 Å². The fourth-order valence-electron chi connectivity index (χ4n) is 2.78. The number of rotatable bonds is 2. The van der Waals surface area contributed by atoms with E-state index >= 15 is 0 Å². The smallest absolute Gasteiger partial charge is 0.269 e. The average molecular weight is 272 g/mol. The number of carbonyl (C=O) groups is 1. The molecule has 20 heavy (non-hydrogen) atoms. The number of fused-ring (bicyclic) bond motifs is 1. The molecule has 0 aliphatic carbocycles.